The summed E-state index contributed by atoms with van der Waals surface area (Å²) in [4.78, 5) is 17.4. The lowest BCUT2D eigenvalue weighted by molar-refractivity contribution is -0.118. The third-order valence-corrected chi connectivity index (χ3v) is 6.67. The van der Waals surface area contributed by atoms with Gasteiger partial charge in [-0.2, -0.15) is 0 Å². The maximum Gasteiger partial charge on any atom is 0.262 e. The van der Waals surface area contributed by atoms with Gasteiger partial charge in [-0.15, -0.1) is 0 Å². The minimum Gasteiger partial charge on any atom is -0.483 e. The van der Waals surface area contributed by atoms with E-state index in [1.807, 2.05) is 49.4 Å². The molecule has 31 heavy (non-hydrogen) atoms. The maximum atomic E-state index is 12.5. The lowest BCUT2D eigenvalue weighted by atomic mass is 10.1. The van der Waals surface area contributed by atoms with Crippen molar-refractivity contribution in [3.05, 3.63) is 64.6 Å². The van der Waals surface area contributed by atoms with Crippen LogP contribution in [0.25, 0.3) is 10.8 Å². The van der Waals surface area contributed by atoms with Crippen LogP contribution in [0, 0.1) is 6.92 Å². The molecule has 0 atom stereocenters. The van der Waals surface area contributed by atoms with E-state index >= 15 is 0 Å². The number of hydrogen-bond donors (Lipinski definition) is 1. The normalized spacial score (nSPS) is 14.6. The van der Waals surface area contributed by atoms with Gasteiger partial charge in [0.05, 0.1) is 4.47 Å². The molecule has 6 heteroatoms. The minimum atomic E-state index is -0.174. The Balaban J connectivity index is 1.36. The number of rotatable bonds is 6. The molecule has 0 spiro atoms. The van der Waals surface area contributed by atoms with Crippen molar-refractivity contribution >= 4 is 44.0 Å². The molecule has 0 bridgehead atoms. The first kappa shape index (κ1) is 21.7. The zero-order valence-corrected chi connectivity index (χ0v) is 19.6. The molecule has 5 nitrogen and oxygen atoms in total. The van der Waals surface area contributed by atoms with Crippen LogP contribution in [0.2, 0.25) is 0 Å². The van der Waals surface area contributed by atoms with E-state index in [9.17, 15) is 4.79 Å². The molecule has 1 saturated heterocycles. The molecule has 4 rings (SSSR count). The zero-order chi connectivity index (χ0) is 21.8. The molecule has 3 aromatic carbocycles. The topological polar surface area (TPSA) is 44.8 Å². The first-order valence-corrected chi connectivity index (χ1v) is 11.5. The van der Waals surface area contributed by atoms with Crippen molar-refractivity contribution in [1.29, 1.82) is 0 Å². The van der Waals surface area contributed by atoms with Gasteiger partial charge in [0.15, 0.2) is 6.61 Å². The second-order valence-electron chi connectivity index (χ2n) is 7.86. The Labute approximate surface area is 192 Å². The van der Waals surface area contributed by atoms with Crippen LogP contribution in [-0.2, 0) is 4.79 Å². The Kier molecular flexibility index (Phi) is 6.78. The molecular weight excluding hydrogens is 454 g/mol. The van der Waals surface area contributed by atoms with Gasteiger partial charge >= 0.3 is 0 Å². The van der Waals surface area contributed by atoms with Gasteiger partial charge in [0.25, 0.3) is 5.91 Å². The van der Waals surface area contributed by atoms with Crippen LogP contribution < -0.4 is 15.0 Å². The number of hydrogen-bond acceptors (Lipinski definition) is 4. The molecule has 1 fully saturated rings. The second kappa shape index (κ2) is 9.71. The lowest BCUT2D eigenvalue weighted by Crippen LogP contribution is -2.46. The fourth-order valence-corrected chi connectivity index (χ4v) is 4.57. The first-order valence-electron chi connectivity index (χ1n) is 10.7. The predicted molar refractivity (Wildman–Crippen MR) is 131 cm³/mol. The van der Waals surface area contributed by atoms with Crippen molar-refractivity contribution in [2.24, 2.45) is 0 Å². The summed E-state index contributed by atoms with van der Waals surface area (Å²) in [5, 5.41) is 5.16. The molecule has 0 aromatic heterocycles. The van der Waals surface area contributed by atoms with E-state index in [-0.39, 0.29) is 12.5 Å². The van der Waals surface area contributed by atoms with E-state index < -0.39 is 0 Å². The Hall–Kier alpha value is -2.57. The van der Waals surface area contributed by atoms with Crippen molar-refractivity contribution in [2.75, 3.05) is 49.5 Å². The molecule has 0 saturated carbocycles. The zero-order valence-electron chi connectivity index (χ0n) is 18.0. The highest BCUT2D eigenvalue weighted by Gasteiger charge is 2.17. The van der Waals surface area contributed by atoms with Crippen LogP contribution in [0.15, 0.2) is 59.1 Å². The first-order chi connectivity index (χ1) is 15.0. The van der Waals surface area contributed by atoms with Gasteiger partial charge in [0, 0.05) is 37.6 Å². The standard InChI is InChI=1S/C25H28BrN3O2/c1-3-28-12-14-29(15-13-28)20-9-10-22(18(2)16-20)27-24(30)17-31-23-11-8-19-6-4-5-7-21(19)25(23)26/h4-11,16H,3,12-15,17H2,1-2H3,(H,27,30). The van der Waals surface area contributed by atoms with Gasteiger partial charge < -0.3 is 19.9 Å². The molecule has 0 aliphatic carbocycles. The van der Waals surface area contributed by atoms with Crippen molar-refractivity contribution in [3.8, 4) is 5.75 Å². The van der Waals surface area contributed by atoms with Crippen molar-refractivity contribution < 1.29 is 9.53 Å². The molecule has 1 aliphatic rings. The number of piperazine rings is 1. The molecule has 3 aromatic rings. The average Bonchev–Trinajstić information content (AvgIpc) is 2.80. The summed E-state index contributed by atoms with van der Waals surface area (Å²) in [5.41, 5.74) is 3.08. The quantitative estimate of drug-likeness (QED) is 0.533. The van der Waals surface area contributed by atoms with E-state index in [4.69, 9.17) is 4.74 Å². The summed E-state index contributed by atoms with van der Waals surface area (Å²) in [7, 11) is 0. The Morgan fingerprint density at radius 2 is 1.84 bits per heavy atom. The van der Waals surface area contributed by atoms with E-state index in [0.29, 0.717) is 5.75 Å². The SMILES string of the molecule is CCN1CCN(c2ccc(NC(=O)COc3ccc4ccccc4c3Br)c(C)c2)CC1. The molecule has 1 aliphatic heterocycles. The fourth-order valence-electron chi connectivity index (χ4n) is 3.96. The molecule has 1 amide bonds. The second-order valence-corrected chi connectivity index (χ2v) is 8.65. The van der Waals surface area contributed by atoms with E-state index in [0.717, 1.165) is 59.2 Å². The average molecular weight is 482 g/mol. The number of aryl methyl sites for hydroxylation is 1. The Morgan fingerprint density at radius 1 is 1.06 bits per heavy atom. The van der Waals surface area contributed by atoms with Gasteiger partial charge in [0.1, 0.15) is 5.75 Å². The molecule has 1 N–H and O–H groups in total. The van der Waals surface area contributed by atoms with Crippen LogP contribution >= 0.6 is 15.9 Å². The summed E-state index contributed by atoms with van der Waals surface area (Å²) in [6, 6.07) is 18.2. The summed E-state index contributed by atoms with van der Waals surface area (Å²) >= 11 is 3.60. The summed E-state index contributed by atoms with van der Waals surface area (Å²) in [6.07, 6.45) is 0. The van der Waals surface area contributed by atoms with Crippen molar-refractivity contribution in [2.45, 2.75) is 13.8 Å². The van der Waals surface area contributed by atoms with Crippen molar-refractivity contribution in [1.82, 2.24) is 4.90 Å². The third kappa shape index (κ3) is 5.02. The minimum absolute atomic E-state index is 0.0445. The Morgan fingerprint density at radius 3 is 2.58 bits per heavy atom. The fraction of sp³-hybridized carbons (Fsp3) is 0.320. The number of carbonyl (C=O) groups is 1. The number of nitrogens with one attached hydrogen (secondary N) is 1. The molecule has 162 valence electrons. The highest BCUT2D eigenvalue weighted by atomic mass is 79.9. The number of carbonyl (C=O) groups excluding carboxylic acids is 1. The van der Waals surface area contributed by atoms with Gasteiger partial charge in [-0.25, -0.2) is 0 Å². The van der Waals surface area contributed by atoms with E-state index in [1.54, 1.807) is 0 Å². The summed E-state index contributed by atoms with van der Waals surface area (Å²) < 4.78 is 6.65. The largest absolute Gasteiger partial charge is 0.483 e. The summed E-state index contributed by atoms with van der Waals surface area (Å²) in [6.45, 7) is 9.56. The molecule has 1 heterocycles. The smallest absolute Gasteiger partial charge is 0.262 e. The van der Waals surface area contributed by atoms with Gasteiger partial charge in [-0.3, -0.25) is 4.79 Å². The highest BCUT2D eigenvalue weighted by Crippen LogP contribution is 2.33. The number of likely N-dealkylation sites (N-methyl/N-ethyl adjacent to an activating group) is 1. The third-order valence-electron chi connectivity index (χ3n) is 5.86. The molecule has 0 unspecified atom stereocenters. The van der Waals surface area contributed by atoms with Crippen LogP contribution in [-0.4, -0.2) is 50.1 Å². The van der Waals surface area contributed by atoms with Gasteiger partial charge in [-0.05, 0) is 70.0 Å². The lowest BCUT2D eigenvalue weighted by Gasteiger charge is -2.35. The van der Waals surface area contributed by atoms with E-state index in [1.165, 1.54) is 5.69 Å². The number of amides is 1. The highest BCUT2D eigenvalue weighted by molar-refractivity contribution is 9.10. The van der Waals surface area contributed by atoms with Crippen LogP contribution in [0.3, 0.4) is 0 Å². The monoisotopic (exact) mass is 481 g/mol. The van der Waals surface area contributed by atoms with E-state index in [2.05, 4.69) is 50.1 Å². The maximum absolute atomic E-state index is 12.5. The number of anilines is 2. The van der Waals surface area contributed by atoms with Gasteiger partial charge in [0.2, 0.25) is 0 Å². The molecular formula is C25H28BrN3O2. The Bertz CT molecular complexity index is 1080. The number of nitrogens with zero attached hydrogens (tertiary/aromatic N) is 2. The number of ether oxygens (including phenoxy) is 1. The van der Waals surface area contributed by atoms with Crippen molar-refractivity contribution in [3.63, 3.8) is 0 Å². The number of fused-ring (bicyclic) bond motifs is 1. The molecule has 0 radical (unpaired) electrons. The van der Waals surface area contributed by atoms with Crippen LogP contribution in [0.1, 0.15) is 12.5 Å². The van der Waals surface area contributed by atoms with Crippen LogP contribution in [0.4, 0.5) is 11.4 Å². The number of halogens is 1. The number of benzene rings is 3. The van der Waals surface area contributed by atoms with Gasteiger partial charge in [-0.1, -0.05) is 37.3 Å². The predicted octanol–water partition coefficient (Wildman–Crippen LogP) is 5.07. The van der Waals surface area contributed by atoms with Crippen LogP contribution in [0.5, 0.6) is 5.75 Å². The summed E-state index contributed by atoms with van der Waals surface area (Å²) in [5.74, 6) is 0.486.